The lowest BCUT2D eigenvalue weighted by Crippen LogP contribution is -2.38. The van der Waals surface area contributed by atoms with E-state index in [4.69, 9.17) is 10.4 Å². The zero-order valence-corrected chi connectivity index (χ0v) is 11.0. The fourth-order valence-electron chi connectivity index (χ4n) is 1.17. The fourth-order valence-corrected chi connectivity index (χ4v) is 1.55. The van der Waals surface area contributed by atoms with Crippen LogP contribution < -0.4 is 10.6 Å². The van der Waals surface area contributed by atoms with E-state index >= 15 is 0 Å². The lowest BCUT2D eigenvalue weighted by molar-refractivity contribution is -0.136. The number of amides is 2. The van der Waals surface area contributed by atoms with Gasteiger partial charge in [-0.1, -0.05) is 0 Å². The van der Waals surface area contributed by atoms with E-state index < -0.39 is 17.9 Å². The Morgan fingerprint density at radius 2 is 2.00 bits per heavy atom. The summed E-state index contributed by atoms with van der Waals surface area (Å²) in [6.45, 7) is 1.52. The van der Waals surface area contributed by atoms with Crippen LogP contribution in [0.2, 0.25) is 0 Å². The van der Waals surface area contributed by atoms with E-state index in [-0.39, 0.29) is 6.54 Å². The van der Waals surface area contributed by atoms with Crippen LogP contribution in [0.4, 0.5) is 5.69 Å². The van der Waals surface area contributed by atoms with Crippen LogP contribution in [0, 0.1) is 10.7 Å². The maximum Gasteiger partial charge on any atom is 0.313 e. The molecule has 0 bridgehead atoms. The summed E-state index contributed by atoms with van der Waals surface area (Å²) in [5.41, 5.74) is 0.458. The molecule has 0 heterocycles. The number of carbonyl (C=O) groups excluding carboxylic acids is 2. The molecule has 1 aromatic rings. The van der Waals surface area contributed by atoms with E-state index in [1.54, 1.807) is 24.3 Å². The van der Waals surface area contributed by atoms with Crippen molar-refractivity contribution in [3.8, 4) is 5.40 Å². The van der Waals surface area contributed by atoms with E-state index in [0.29, 0.717) is 5.69 Å². The molecule has 6 nitrogen and oxygen atoms in total. The maximum absolute atomic E-state index is 11.5. The standard InChI is InChI=1S/C12H13N3O3S/c1-8(16)6-14-11(17)12(18)15-9-2-4-10(5-3-9)19-7-13/h2-5,8,16H,6H2,1H3,(H,14,17)(H,15,18). The quantitative estimate of drug-likeness (QED) is 0.427. The Kier molecular flexibility index (Phi) is 5.85. The number of anilines is 1. The first-order chi connectivity index (χ1) is 9.02. The SMILES string of the molecule is CC(O)CNC(=O)C(=O)Nc1ccc(SC#N)cc1. The third-order valence-electron chi connectivity index (χ3n) is 2.04. The predicted octanol–water partition coefficient (Wildman–Crippen LogP) is 0.695. The van der Waals surface area contributed by atoms with E-state index in [2.05, 4.69) is 10.6 Å². The summed E-state index contributed by atoms with van der Waals surface area (Å²) in [6, 6.07) is 6.52. The molecule has 1 rings (SSSR count). The Bertz CT molecular complexity index is 494. The van der Waals surface area contributed by atoms with Crippen LogP contribution in [0.15, 0.2) is 29.2 Å². The molecule has 3 N–H and O–H groups in total. The van der Waals surface area contributed by atoms with Crippen molar-refractivity contribution in [2.45, 2.75) is 17.9 Å². The minimum absolute atomic E-state index is 0.0179. The van der Waals surface area contributed by atoms with Gasteiger partial charge in [-0.15, -0.1) is 0 Å². The van der Waals surface area contributed by atoms with Gasteiger partial charge in [-0.25, -0.2) is 0 Å². The number of nitrogens with one attached hydrogen (secondary N) is 2. The number of thiocyanates is 1. The number of hydrogen-bond donors (Lipinski definition) is 3. The number of carbonyl (C=O) groups is 2. The van der Waals surface area contributed by atoms with Gasteiger partial charge in [-0.05, 0) is 43.0 Å². The Balaban J connectivity index is 2.52. The van der Waals surface area contributed by atoms with Crippen LogP contribution in [0.1, 0.15) is 6.92 Å². The monoisotopic (exact) mass is 279 g/mol. The number of aliphatic hydroxyl groups excluding tert-OH is 1. The van der Waals surface area contributed by atoms with E-state index in [1.165, 1.54) is 6.92 Å². The Labute approximate surface area is 114 Å². The van der Waals surface area contributed by atoms with Crippen LogP contribution in [0.3, 0.4) is 0 Å². The summed E-state index contributed by atoms with van der Waals surface area (Å²) in [5, 5.41) is 24.1. The summed E-state index contributed by atoms with van der Waals surface area (Å²) < 4.78 is 0. The lowest BCUT2D eigenvalue weighted by Gasteiger charge is -2.07. The highest BCUT2D eigenvalue weighted by Gasteiger charge is 2.13. The Morgan fingerprint density at radius 1 is 1.37 bits per heavy atom. The second-order valence-corrected chi connectivity index (χ2v) is 4.59. The molecule has 0 saturated carbocycles. The lowest BCUT2D eigenvalue weighted by atomic mass is 10.3. The van der Waals surface area contributed by atoms with Crippen LogP contribution in [-0.4, -0.2) is 29.6 Å². The van der Waals surface area contributed by atoms with Crippen molar-refractivity contribution < 1.29 is 14.7 Å². The van der Waals surface area contributed by atoms with Crippen LogP contribution in [-0.2, 0) is 9.59 Å². The zero-order valence-electron chi connectivity index (χ0n) is 10.2. The molecule has 0 aliphatic rings. The largest absolute Gasteiger partial charge is 0.392 e. The molecule has 19 heavy (non-hydrogen) atoms. The molecule has 0 spiro atoms. The minimum atomic E-state index is -0.809. The Hall–Kier alpha value is -2.04. The number of nitrogens with zero attached hydrogens (tertiary/aromatic N) is 1. The number of thioether (sulfide) groups is 1. The van der Waals surface area contributed by atoms with Gasteiger partial charge in [-0.2, -0.15) is 5.26 Å². The molecule has 0 radical (unpaired) electrons. The molecule has 1 atom stereocenters. The zero-order chi connectivity index (χ0) is 14.3. The molecule has 1 unspecified atom stereocenters. The third kappa shape index (κ3) is 5.42. The summed E-state index contributed by atoms with van der Waals surface area (Å²) in [4.78, 5) is 23.6. The van der Waals surface area contributed by atoms with Gasteiger partial charge in [0.05, 0.1) is 6.10 Å². The van der Waals surface area contributed by atoms with Gasteiger partial charge in [0.1, 0.15) is 5.40 Å². The van der Waals surface area contributed by atoms with Gasteiger partial charge in [0.2, 0.25) is 0 Å². The number of aliphatic hydroxyl groups is 1. The van der Waals surface area contributed by atoms with Gasteiger partial charge >= 0.3 is 11.8 Å². The van der Waals surface area contributed by atoms with Crippen molar-refractivity contribution in [1.82, 2.24) is 5.32 Å². The first-order valence-corrected chi connectivity index (χ1v) is 6.28. The van der Waals surface area contributed by atoms with Gasteiger partial charge in [-0.3, -0.25) is 9.59 Å². The summed E-state index contributed by atoms with van der Waals surface area (Å²) in [5.74, 6) is -1.61. The predicted molar refractivity (Wildman–Crippen MR) is 71.2 cm³/mol. The highest BCUT2D eigenvalue weighted by Crippen LogP contribution is 2.18. The average Bonchev–Trinajstić information content (AvgIpc) is 2.38. The minimum Gasteiger partial charge on any atom is -0.392 e. The molecule has 1 aromatic carbocycles. The molecule has 0 saturated heterocycles. The van der Waals surface area contributed by atoms with Crippen LogP contribution in [0.25, 0.3) is 0 Å². The highest BCUT2D eigenvalue weighted by atomic mass is 32.2. The number of rotatable bonds is 4. The smallest absolute Gasteiger partial charge is 0.313 e. The first kappa shape index (κ1) is 15.0. The summed E-state index contributed by atoms with van der Waals surface area (Å²) in [6.07, 6.45) is -0.709. The molecule has 2 amide bonds. The van der Waals surface area contributed by atoms with Gasteiger partial charge in [0.25, 0.3) is 0 Å². The fraction of sp³-hybridized carbons (Fsp3) is 0.250. The molecular formula is C12H13N3O3S. The topological polar surface area (TPSA) is 102 Å². The van der Waals surface area contributed by atoms with E-state index in [0.717, 1.165) is 16.7 Å². The molecule has 100 valence electrons. The second-order valence-electron chi connectivity index (χ2n) is 3.73. The van der Waals surface area contributed by atoms with Crippen molar-refractivity contribution in [3.63, 3.8) is 0 Å². The summed E-state index contributed by atoms with van der Waals surface area (Å²) >= 11 is 1.01. The molecule has 0 aromatic heterocycles. The van der Waals surface area contributed by atoms with Gasteiger partial charge in [0.15, 0.2) is 0 Å². The van der Waals surface area contributed by atoms with Crippen molar-refractivity contribution in [2.75, 3.05) is 11.9 Å². The number of hydrogen-bond acceptors (Lipinski definition) is 5. The van der Waals surface area contributed by atoms with Crippen molar-refractivity contribution in [1.29, 1.82) is 5.26 Å². The second kappa shape index (κ2) is 7.41. The van der Waals surface area contributed by atoms with Crippen molar-refractivity contribution in [2.24, 2.45) is 0 Å². The normalized spacial score (nSPS) is 11.2. The first-order valence-electron chi connectivity index (χ1n) is 5.46. The maximum atomic E-state index is 11.5. The Morgan fingerprint density at radius 3 is 2.53 bits per heavy atom. The molecule has 7 heteroatoms. The molecule has 0 fully saturated rings. The van der Waals surface area contributed by atoms with Crippen molar-refractivity contribution in [3.05, 3.63) is 24.3 Å². The third-order valence-corrected chi connectivity index (χ3v) is 2.64. The highest BCUT2D eigenvalue weighted by molar-refractivity contribution is 8.03. The van der Waals surface area contributed by atoms with E-state index in [9.17, 15) is 9.59 Å². The van der Waals surface area contributed by atoms with E-state index in [1.807, 2.05) is 5.40 Å². The molecule has 0 aliphatic carbocycles. The molecular weight excluding hydrogens is 266 g/mol. The molecule has 0 aliphatic heterocycles. The van der Waals surface area contributed by atoms with Gasteiger partial charge in [0, 0.05) is 17.1 Å². The summed E-state index contributed by atoms with van der Waals surface area (Å²) in [7, 11) is 0. The number of nitriles is 1. The van der Waals surface area contributed by atoms with Gasteiger partial charge < -0.3 is 15.7 Å². The van der Waals surface area contributed by atoms with Crippen LogP contribution in [0.5, 0.6) is 0 Å². The average molecular weight is 279 g/mol. The van der Waals surface area contributed by atoms with Crippen molar-refractivity contribution >= 4 is 29.3 Å². The number of benzene rings is 1. The van der Waals surface area contributed by atoms with Crippen LogP contribution >= 0.6 is 11.8 Å².